The van der Waals surface area contributed by atoms with Crippen molar-refractivity contribution in [3.05, 3.63) is 71.3 Å². The van der Waals surface area contributed by atoms with Crippen molar-refractivity contribution in [1.29, 1.82) is 0 Å². The average molecular weight is 462 g/mol. The van der Waals surface area contributed by atoms with Gasteiger partial charge < -0.3 is 15.4 Å². The monoisotopic (exact) mass is 461 g/mol. The van der Waals surface area contributed by atoms with E-state index in [1.165, 1.54) is 0 Å². The Morgan fingerprint density at radius 3 is 2.35 bits per heavy atom. The second-order valence-corrected chi connectivity index (χ2v) is 8.62. The molecule has 2 aromatic carbocycles. The standard InChI is InChI=1S/C27H31N3O4/c1-3-17-30-24(19-9-6-5-7-10-19)22(26(32)34-4-2)23(29-27(30)33)18-13-15-21(16-14-18)28-25(31)20-11-8-12-20/h5-7,9-10,13-16,20,23H,3-4,8,11-12,17H2,1-2H3,(H,28,31)(H,29,33). The molecule has 7 heteroatoms. The number of hydrogen-bond acceptors (Lipinski definition) is 4. The van der Waals surface area contributed by atoms with Gasteiger partial charge in [0.25, 0.3) is 0 Å². The third kappa shape index (κ3) is 4.83. The normalized spacial score (nSPS) is 18.2. The molecule has 7 nitrogen and oxygen atoms in total. The molecule has 4 rings (SSSR count). The fourth-order valence-electron chi connectivity index (χ4n) is 4.35. The molecule has 0 aromatic heterocycles. The van der Waals surface area contributed by atoms with Crippen LogP contribution in [0.4, 0.5) is 10.5 Å². The minimum absolute atomic E-state index is 0.0404. The van der Waals surface area contributed by atoms with E-state index in [2.05, 4.69) is 10.6 Å². The number of nitrogens with zero attached hydrogens (tertiary/aromatic N) is 1. The van der Waals surface area contributed by atoms with Crippen LogP contribution >= 0.6 is 0 Å². The number of ether oxygens (including phenoxy) is 1. The van der Waals surface area contributed by atoms with Crippen LogP contribution in [0.2, 0.25) is 0 Å². The Morgan fingerprint density at radius 2 is 1.76 bits per heavy atom. The highest BCUT2D eigenvalue weighted by molar-refractivity contribution is 6.04. The summed E-state index contributed by atoms with van der Waals surface area (Å²) in [7, 11) is 0. The third-order valence-corrected chi connectivity index (χ3v) is 6.30. The molecule has 2 aliphatic rings. The van der Waals surface area contributed by atoms with E-state index in [0.717, 1.165) is 36.8 Å². The van der Waals surface area contributed by atoms with Gasteiger partial charge in [-0.1, -0.05) is 55.8 Å². The highest BCUT2D eigenvalue weighted by Crippen LogP contribution is 2.37. The summed E-state index contributed by atoms with van der Waals surface area (Å²) in [6.45, 7) is 4.45. The van der Waals surface area contributed by atoms with Crippen LogP contribution in [0.25, 0.3) is 5.70 Å². The maximum absolute atomic E-state index is 13.2. The van der Waals surface area contributed by atoms with Crippen LogP contribution in [-0.2, 0) is 14.3 Å². The summed E-state index contributed by atoms with van der Waals surface area (Å²) in [5.41, 5.74) is 3.18. The van der Waals surface area contributed by atoms with Crippen molar-refractivity contribution in [3.63, 3.8) is 0 Å². The number of carbonyl (C=O) groups excluding carboxylic acids is 3. The molecule has 2 aromatic rings. The van der Waals surface area contributed by atoms with Crippen molar-refractivity contribution >= 4 is 29.3 Å². The van der Waals surface area contributed by atoms with Gasteiger partial charge in [-0.25, -0.2) is 9.59 Å². The lowest BCUT2D eigenvalue weighted by atomic mass is 9.85. The molecular formula is C27H31N3O4. The lowest BCUT2D eigenvalue weighted by Gasteiger charge is -2.36. The molecule has 1 fully saturated rings. The molecule has 1 aliphatic heterocycles. The SMILES string of the molecule is CCCN1C(=O)NC(c2ccc(NC(=O)C3CCC3)cc2)C(C(=O)OCC)=C1c1ccccc1. The Hall–Kier alpha value is -3.61. The highest BCUT2D eigenvalue weighted by Gasteiger charge is 2.38. The fourth-order valence-corrected chi connectivity index (χ4v) is 4.35. The average Bonchev–Trinajstić information content (AvgIpc) is 2.80. The number of rotatable bonds is 8. The highest BCUT2D eigenvalue weighted by atomic mass is 16.5. The number of anilines is 1. The van der Waals surface area contributed by atoms with E-state index >= 15 is 0 Å². The Bertz CT molecular complexity index is 1070. The third-order valence-electron chi connectivity index (χ3n) is 6.30. The molecule has 0 bridgehead atoms. The summed E-state index contributed by atoms with van der Waals surface area (Å²) >= 11 is 0. The first kappa shape index (κ1) is 23.5. The van der Waals surface area contributed by atoms with Gasteiger partial charge in [0.05, 0.1) is 23.9 Å². The van der Waals surface area contributed by atoms with Crippen molar-refractivity contribution in [2.75, 3.05) is 18.5 Å². The van der Waals surface area contributed by atoms with Crippen molar-refractivity contribution in [2.45, 2.75) is 45.6 Å². The van der Waals surface area contributed by atoms with E-state index < -0.39 is 12.0 Å². The quantitative estimate of drug-likeness (QED) is 0.549. The van der Waals surface area contributed by atoms with E-state index in [1.807, 2.05) is 49.4 Å². The first-order valence-electron chi connectivity index (χ1n) is 12.0. The largest absolute Gasteiger partial charge is 0.463 e. The molecule has 2 N–H and O–H groups in total. The van der Waals surface area contributed by atoms with Gasteiger partial charge >= 0.3 is 12.0 Å². The molecule has 34 heavy (non-hydrogen) atoms. The minimum Gasteiger partial charge on any atom is -0.463 e. The maximum Gasteiger partial charge on any atom is 0.338 e. The Balaban J connectivity index is 1.74. The molecule has 0 saturated heterocycles. The van der Waals surface area contributed by atoms with Gasteiger partial charge in [-0.15, -0.1) is 0 Å². The molecule has 1 saturated carbocycles. The topological polar surface area (TPSA) is 87.7 Å². The Kier molecular flexibility index (Phi) is 7.30. The number of amides is 3. The van der Waals surface area contributed by atoms with Gasteiger partial charge in [-0.3, -0.25) is 9.69 Å². The first-order chi connectivity index (χ1) is 16.5. The summed E-state index contributed by atoms with van der Waals surface area (Å²) in [5, 5.41) is 5.95. The number of esters is 1. The summed E-state index contributed by atoms with van der Waals surface area (Å²) in [6, 6.07) is 15.8. The maximum atomic E-state index is 13.2. The smallest absolute Gasteiger partial charge is 0.338 e. The van der Waals surface area contributed by atoms with Gasteiger partial charge in [0.1, 0.15) is 0 Å². The van der Waals surface area contributed by atoms with Crippen molar-refractivity contribution < 1.29 is 19.1 Å². The van der Waals surface area contributed by atoms with E-state index in [4.69, 9.17) is 4.74 Å². The van der Waals surface area contributed by atoms with Gasteiger partial charge in [0.2, 0.25) is 5.91 Å². The molecule has 0 spiro atoms. The first-order valence-corrected chi connectivity index (χ1v) is 12.0. The van der Waals surface area contributed by atoms with Crippen LogP contribution in [-0.4, -0.2) is 36.0 Å². The molecule has 3 amide bonds. The molecule has 1 heterocycles. The van der Waals surface area contributed by atoms with Crippen molar-refractivity contribution in [1.82, 2.24) is 10.2 Å². The summed E-state index contributed by atoms with van der Waals surface area (Å²) in [5.74, 6) is -0.331. The summed E-state index contributed by atoms with van der Waals surface area (Å²) < 4.78 is 5.44. The second kappa shape index (κ2) is 10.5. The molecule has 1 atom stereocenters. The van der Waals surface area contributed by atoms with E-state index in [1.54, 1.807) is 24.0 Å². The number of urea groups is 1. The van der Waals surface area contributed by atoms with E-state index in [0.29, 0.717) is 23.5 Å². The molecule has 1 unspecified atom stereocenters. The molecule has 178 valence electrons. The zero-order chi connectivity index (χ0) is 24.1. The van der Waals surface area contributed by atoms with Crippen LogP contribution in [0.5, 0.6) is 0 Å². The zero-order valence-electron chi connectivity index (χ0n) is 19.7. The minimum atomic E-state index is -0.675. The number of benzene rings is 2. The van der Waals surface area contributed by atoms with E-state index in [-0.39, 0.29) is 24.5 Å². The van der Waals surface area contributed by atoms with Crippen LogP contribution in [0.15, 0.2) is 60.2 Å². The lowest BCUT2D eigenvalue weighted by Crippen LogP contribution is -2.48. The van der Waals surface area contributed by atoms with Crippen LogP contribution in [0.3, 0.4) is 0 Å². The summed E-state index contributed by atoms with van der Waals surface area (Å²) in [4.78, 5) is 40.3. The van der Waals surface area contributed by atoms with Gasteiger partial charge in [0.15, 0.2) is 0 Å². The van der Waals surface area contributed by atoms with Crippen molar-refractivity contribution in [3.8, 4) is 0 Å². The Morgan fingerprint density at radius 1 is 1.06 bits per heavy atom. The molecule has 0 radical (unpaired) electrons. The number of hydrogen-bond donors (Lipinski definition) is 2. The van der Waals surface area contributed by atoms with Crippen LogP contribution < -0.4 is 10.6 Å². The van der Waals surface area contributed by atoms with Crippen molar-refractivity contribution in [2.24, 2.45) is 5.92 Å². The fraction of sp³-hybridized carbons (Fsp3) is 0.370. The second-order valence-electron chi connectivity index (χ2n) is 8.62. The zero-order valence-corrected chi connectivity index (χ0v) is 19.7. The van der Waals surface area contributed by atoms with Crippen LogP contribution in [0.1, 0.15) is 56.7 Å². The predicted molar refractivity (Wildman–Crippen MR) is 131 cm³/mol. The molecular weight excluding hydrogens is 430 g/mol. The predicted octanol–water partition coefficient (Wildman–Crippen LogP) is 4.88. The van der Waals surface area contributed by atoms with Gasteiger partial charge in [-0.2, -0.15) is 0 Å². The molecule has 1 aliphatic carbocycles. The number of carbonyl (C=O) groups is 3. The van der Waals surface area contributed by atoms with Gasteiger partial charge in [0, 0.05) is 18.2 Å². The Labute approximate surface area is 200 Å². The lowest BCUT2D eigenvalue weighted by molar-refractivity contribution is -0.139. The van der Waals surface area contributed by atoms with Gasteiger partial charge in [-0.05, 0) is 49.4 Å². The summed E-state index contributed by atoms with van der Waals surface area (Å²) in [6.07, 6.45) is 3.70. The van der Waals surface area contributed by atoms with E-state index in [9.17, 15) is 14.4 Å². The number of nitrogens with one attached hydrogen (secondary N) is 2. The van der Waals surface area contributed by atoms with Crippen LogP contribution in [0, 0.1) is 5.92 Å².